The molecular weight excluding hydrogens is 494 g/mol. The molecule has 12 nitrogen and oxygen atoms in total. The van der Waals surface area contributed by atoms with Gasteiger partial charge in [0.05, 0.1) is 6.61 Å². The third-order valence-electron chi connectivity index (χ3n) is 6.01. The van der Waals surface area contributed by atoms with Crippen LogP contribution in [0.2, 0.25) is 0 Å². The number of carbonyl (C=O) groups is 4. The molecular formula is C26H31N5O7. The number of carboxylic acids is 1. The van der Waals surface area contributed by atoms with Gasteiger partial charge in [0.15, 0.2) is 0 Å². The van der Waals surface area contributed by atoms with Crippen LogP contribution in [0.1, 0.15) is 18.1 Å². The molecule has 0 saturated heterocycles. The average Bonchev–Trinajstić information content (AvgIpc) is 3.31. The summed E-state index contributed by atoms with van der Waals surface area (Å²) in [5, 5.41) is 36.6. The Hall–Kier alpha value is -4.42. The summed E-state index contributed by atoms with van der Waals surface area (Å²) in [6.45, 7) is 0.767. The first-order valence-electron chi connectivity index (χ1n) is 11.9. The fourth-order valence-electron chi connectivity index (χ4n) is 3.84. The second kappa shape index (κ2) is 12.7. The minimum atomic E-state index is -1.29. The van der Waals surface area contributed by atoms with E-state index in [4.69, 9.17) is 10.8 Å². The number of benzene rings is 2. The van der Waals surface area contributed by atoms with Gasteiger partial charge in [0.1, 0.15) is 29.9 Å². The van der Waals surface area contributed by atoms with Crippen LogP contribution < -0.4 is 21.7 Å². The predicted octanol–water partition coefficient (Wildman–Crippen LogP) is -0.463. The van der Waals surface area contributed by atoms with Crippen LogP contribution in [0.5, 0.6) is 5.75 Å². The second-order valence-corrected chi connectivity index (χ2v) is 8.91. The highest BCUT2D eigenvalue weighted by Gasteiger charge is 2.29. The molecule has 1 aromatic heterocycles. The van der Waals surface area contributed by atoms with Crippen molar-refractivity contribution in [3.63, 3.8) is 0 Å². The molecule has 0 spiro atoms. The third-order valence-corrected chi connectivity index (χ3v) is 6.01. The van der Waals surface area contributed by atoms with Gasteiger partial charge in [-0.3, -0.25) is 14.4 Å². The molecule has 202 valence electrons. The number of rotatable bonds is 12. The lowest BCUT2D eigenvalue weighted by Gasteiger charge is -2.24. The zero-order valence-electron chi connectivity index (χ0n) is 20.7. The van der Waals surface area contributed by atoms with Gasteiger partial charge in [0.2, 0.25) is 17.7 Å². The number of carboxylic acid groups (broad SMARTS) is 1. The van der Waals surface area contributed by atoms with E-state index < -0.39 is 54.5 Å². The van der Waals surface area contributed by atoms with E-state index in [1.807, 2.05) is 24.3 Å². The molecule has 12 heteroatoms. The fraction of sp³-hybridized carbons (Fsp3) is 0.308. The van der Waals surface area contributed by atoms with Crippen LogP contribution >= 0.6 is 0 Å². The molecule has 0 radical (unpaired) electrons. The molecule has 0 aliphatic heterocycles. The minimum absolute atomic E-state index is 0.00350. The van der Waals surface area contributed by atoms with Gasteiger partial charge in [0.25, 0.3) is 0 Å². The van der Waals surface area contributed by atoms with Crippen LogP contribution in [0.4, 0.5) is 0 Å². The van der Waals surface area contributed by atoms with Crippen LogP contribution in [0.25, 0.3) is 10.9 Å². The molecule has 38 heavy (non-hydrogen) atoms. The van der Waals surface area contributed by atoms with Crippen molar-refractivity contribution >= 4 is 34.6 Å². The number of nitrogens with one attached hydrogen (secondary N) is 4. The molecule has 1 heterocycles. The summed E-state index contributed by atoms with van der Waals surface area (Å²) in [7, 11) is 0. The van der Waals surface area contributed by atoms with Gasteiger partial charge in [-0.05, 0) is 36.2 Å². The summed E-state index contributed by atoms with van der Waals surface area (Å²) in [6, 6.07) is 8.51. The van der Waals surface area contributed by atoms with Crippen molar-refractivity contribution in [1.29, 1.82) is 0 Å². The van der Waals surface area contributed by atoms with Crippen molar-refractivity contribution < 1.29 is 34.5 Å². The zero-order valence-corrected chi connectivity index (χ0v) is 20.7. The maximum atomic E-state index is 13.3. The number of aliphatic carboxylic acids is 1. The number of phenols is 1. The van der Waals surface area contributed by atoms with Crippen LogP contribution in [-0.4, -0.2) is 74.8 Å². The molecule has 0 aliphatic carbocycles. The number of aromatic amines is 1. The summed E-state index contributed by atoms with van der Waals surface area (Å²) < 4.78 is 0. The molecule has 0 aliphatic rings. The van der Waals surface area contributed by atoms with Crippen molar-refractivity contribution in [2.24, 2.45) is 5.73 Å². The van der Waals surface area contributed by atoms with E-state index in [2.05, 4.69) is 20.9 Å². The minimum Gasteiger partial charge on any atom is -0.508 e. The highest BCUT2D eigenvalue weighted by atomic mass is 16.4. The maximum Gasteiger partial charge on any atom is 0.326 e. The second-order valence-electron chi connectivity index (χ2n) is 8.91. The standard InChI is InChI=1S/C26H31N5O7/c1-14(29-24(35)19(27)13-32)23(34)30-21(10-15-6-8-17(33)9-7-15)25(36)31-22(26(37)38)11-16-12-28-20-5-3-2-4-18(16)20/h2-9,12,14,19,21-22,28,32-33H,10-11,13,27H2,1H3,(H,29,35)(H,30,34)(H,31,36)(H,37,38). The topological polar surface area (TPSA) is 207 Å². The van der Waals surface area contributed by atoms with E-state index in [1.165, 1.54) is 19.1 Å². The Balaban J connectivity index is 1.77. The third kappa shape index (κ3) is 7.31. The molecule has 4 atom stereocenters. The van der Waals surface area contributed by atoms with Crippen molar-refractivity contribution in [2.45, 2.75) is 43.9 Å². The van der Waals surface area contributed by atoms with Crippen molar-refractivity contribution in [3.05, 3.63) is 65.9 Å². The molecule has 0 saturated carbocycles. The number of aliphatic hydroxyl groups excluding tert-OH is 1. The summed E-state index contributed by atoms with van der Waals surface area (Å²) >= 11 is 0. The summed E-state index contributed by atoms with van der Waals surface area (Å²) in [5.74, 6) is -3.45. The van der Waals surface area contributed by atoms with E-state index >= 15 is 0 Å². The van der Waals surface area contributed by atoms with E-state index in [0.717, 1.165) is 10.9 Å². The monoisotopic (exact) mass is 525 g/mol. The molecule has 3 amide bonds. The van der Waals surface area contributed by atoms with Gasteiger partial charge >= 0.3 is 5.97 Å². The number of phenolic OH excluding ortho intramolecular Hbond substituents is 1. The predicted molar refractivity (Wildman–Crippen MR) is 138 cm³/mol. The van der Waals surface area contributed by atoms with Crippen molar-refractivity contribution in [2.75, 3.05) is 6.61 Å². The first-order chi connectivity index (χ1) is 18.1. The lowest BCUT2D eigenvalue weighted by atomic mass is 10.0. The quantitative estimate of drug-likeness (QED) is 0.155. The van der Waals surface area contributed by atoms with Gasteiger partial charge in [0, 0.05) is 29.9 Å². The Labute approximate surface area is 218 Å². The van der Waals surface area contributed by atoms with Gasteiger partial charge in [-0.1, -0.05) is 30.3 Å². The molecule has 0 bridgehead atoms. The number of fused-ring (bicyclic) bond motifs is 1. The summed E-state index contributed by atoms with van der Waals surface area (Å²) in [4.78, 5) is 53.1. The van der Waals surface area contributed by atoms with Gasteiger partial charge in [-0.25, -0.2) is 4.79 Å². The lowest BCUT2D eigenvalue weighted by molar-refractivity contribution is -0.142. The van der Waals surface area contributed by atoms with Gasteiger partial charge in [-0.2, -0.15) is 0 Å². The molecule has 9 N–H and O–H groups in total. The number of aliphatic hydroxyl groups is 1. The number of nitrogens with two attached hydrogens (primary N) is 1. The number of aromatic nitrogens is 1. The van der Waals surface area contributed by atoms with Crippen LogP contribution in [0.15, 0.2) is 54.7 Å². The number of amides is 3. The highest BCUT2D eigenvalue weighted by molar-refractivity contribution is 5.94. The van der Waals surface area contributed by atoms with Crippen LogP contribution in [-0.2, 0) is 32.0 Å². The average molecular weight is 526 g/mol. The van der Waals surface area contributed by atoms with Gasteiger partial charge < -0.3 is 42.0 Å². The molecule has 3 rings (SSSR count). The molecule has 3 aromatic rings. The highest BCUT2D eigenvalue weighted by Crippen LogP contribution is 2.19. The van der Waals surface area contributed by atoms with Crippen molar-refractivity contribution in [3.8, 4) is 5.75 Å². The van der Waals surface area contributed by atoms with E-state index in [1.54, 1.807) is 18.3 Å². The van der Waals surface area contributed by atoms with Crippen molar-refractivity contribution in [1.82, 2.24) is 20.9 Å². The number of hydrogen-bond acceptors (Lipinski definition) is 7. The Morgan fingerprint density at radius 2 is 1.55 bits per heavy atom. The van der Waals surface area contributed by atoms with Gasteiger partial charge in [-0.15, -0.1) is 0 Å². The van der Waals surface area contributed by atoms with E-state index in [-0.39, 0.29) is 18.6 Å². The number of carbonyl (C=O) groups excluding carboxylic acids is 3. The number of para-hydroxylation sites is 1. The van der Waals surface area contributed by atoms with Crippen LogP contribution in [0, 0.1) is 0 Å². The smallest absolute Gasteiger partial charge is 0.326 e. The number of aromatic hydroxyl groups is 1. The first-order valence-corrected chi connectivity index (χ1v) is 11.9. The lowest BCUT2D eigenvalue weighted by Crippen LogP contribution is -2.57. The molecule has 4 unspecified atom stereocenters. The fourth-order valence-corrected chi connectivity index (χ4v) is 3.84. The zero-order chi connectivity index (χ0) is 27.8. The Morgan fingerprint density at radius 3 is 2.21 bits per heavy atom. The SMILES string of the molecule is CC(NC(=O)C(N)CO)C(=O)NC(Cc1ccc(O)cc1)C(=O)NC(Cc1c[nH]c2ccccc12)C(=O)O. The number of H-pyrrole nitrogens is 1. The summed E-state index contributed by atoms with van der Waals surface area (Å²) in [5.41, 5.74) is 7.58. The maximum absolute atomic E-state index is 13.3. The Kier molecular flexibility index (Phi) is 9.41. The van der Waals surface area contributed by atoms with E-state index in [0.29, 0.717) is 11.1 Å². The molecule has 2 aromatic carbocycles. The number of hydrogen-bond donors (Lipinski definition) is 8. The van der Waals surface area contributed by atoms with Crippen LogP contribution in [0.3, 0.4) is 0 Å². The summed E-state index contributed by atoms with van der Waals surface area (Å²) in [6.07, 6.45) is 1.66. The first kappa shape index (κ1) is 28.2. The van der Waals surface area contributed by atoms with E-state index in [9.17, 15) is 29.4 Å². The normalized spacial score (nSPS) is 14.2. The molecule has 0 fully saturated rings. The Bertz CT molecular complexity index is 1290. The Morgan fingerprint density at radius 1 is 0.895 bits per heavy atom. The largest absolute Gasteiger partial charge is 0.508 e.